The zero-order valence-corrected chi connectivity index (χ0v) is 5.44. The molecule has 0 aliphatic rings. The molecule has 46 valence electrons. The molecule has 0 rings (SSSR count). The zero-order chi connectivity index (χ0) is 6.41. The molecule has 8 heavy (non-hydrogen) atoms. The lowest BCUT2D eigenvalue weighted by molar-refractivity contribution is 0.599. The summed E-state index contributed by atoms with van der Waals surface area (Å²) in [6.07, 6.45) is 2.28. The molecule has 0 aliphatic heterocycles. The largest absolute Gasteiger partial charge is 0.443 e. The van der Waals surface area contributed by atoms with Crippen molar-refractivity contribution in [1.82, 2.24) is 0 Å². The number of hydrogen-bond donors (Lipinski definition) is 0. The number of hydrogen-bond acceptors (Lipinski definition) is 4. The smallest absolute Gasteiger partial charge is 0.180 e. The van der Waals surface area contributed by atoms with Crippen LogP contribution in [0, 0.1) is 11.5 Å². The normalized spacial score (nSPS) is 13.0. The quantitative estimate of drug-likeness (QED) is 0.415. The van der Waals surface area contributed by atoms with Crippen molar-refractivity contribution in [2.45, 2.75) is 13.3 Å². The fraction of sp³-hybridized carbons (Fsp3) is 0.750. The highest BCUT2D eigenvalue weighted by Gasteiger charge is 1.65. The van der Waals surface area contributed by atoms with Crippen LogP contribution in [0.3, 0.4) is 0 Å². The van der Waals surface area contributed by atoms with E-state index < -0.39 is 10.6 Å². The summed E-state index contributed by atoms with van der Waals surface area (Å²) in [5.41, 5.74) is 0. The highest BCUT2D eigenvalue weighted by atomic mass is 32.2. The Balaban J connectivity index is 3.68. The molecule has 0 aromatic heterocycles. The first-order valence-corrected chi connectivity index (χ1v) is 3.57. The lowest BCUT2D eigenvalue weighted by Gasteiger charge is -1.91. The molecule has 0 radical (unpaired) electrons. The second-order valence-electron chi connectivity index (χ2n) is 1.22. The van der Waals surface area contributed by atoms with E-state index in [1.54, 1.807) is 0 Å². The standard InChI is InChI=1S/C4H7N2OS/c1-2-3-8(7)6-4-5/h2-3H2,1H3/q-1. The van der Waals surface area contributed by atoms with Crippen molar-refractivity contribution in [3.63, 3.8) is 0 Å². The molecule has 0 amide bonds. The van der Waals surface area contributed by atoms with Gasteiger partial charge in [-0.15, -0.1) is 0 Å². The summed E-state index contributed by atoms with van der Waals surface area (Å²) < 4.78 is 13.5. The summed E-state index contributed by atoms with van der Waals surface area (Å²) in [6, 6.07) is 0. The predicted molar refractivity (Wildman–Crippen MR) is 31.3 cm³/mol. The molecule has 0 aromatic rings. The zero-order valence-electron chi connectivity index (χ0n) is 4.63. The van der Waals surface area contributed by atoms with Gasteiger partial charge in [0.25, 0.3) is 0 Å². The average Bonchev–Trinajstić information content (AvgIpc) is 1.68. The molecule has 0 bridgehead atoms. The maximum absolute atomic E-state index is 10.4. The van der Waals surface area contributed by atoms with E-state index in [-0.39, 0.29) is 0 Å². The molecule has 0 atom stereocenters. The highest BCUT2D eigenvalue weighted by molar-refractivity contribution is 7.74. The minimum Gasteiger partial charge on any atom is -0.443 e. The molecule has 0 saturated carbocycles. The minimum atomic E-state index is -1.26. The summed E-state index contributed by atoms with van der Waals surface area (Å²) in [7, 11) is -1.26. The van der Waals surface area contributed by atoms with E-state index in [1.165, 1.54) is 6.19 Å². The summed E-state index contributed by atoms with van der Waals surface area (Å²) in [6.45, 7) is 1.89. The third-order valence-corrected chi connectivity index (χ3v) is 1.56. The fourth-order valence-electron chi connectivity index (χ4n) is 0.266. The Morgan fingerprint density at radius 2 is 2.50 bits per heavy atom. The van der Waals surface area contributed by atoms with Crippen LogP contribution in [0.5, 0.6) is 0 Å². The van der Waals surface area contributed by atoms with Gasteiger partial charge in [0.15, 0.2) is 6.19 Å². The van der Waals surface area contributed by atoms with Crippen molar-refractivity contribution in [3.05, 3.63) is 0 Å². The van der Waals surface area contributed by atoms with Gasteiger partial charge in [0.1, 0.15) is 0 Å². The summed E-state index contributed by atoms with van der Waals surface area (Å²) in [4.78, 5) is 0. The number of nitrogens with zero attached hydrogens (tertiary/aromatic N) is 2. The van der Waals surface area contributed by atoms with Crippen molar-refractivity contribution in [2.75, 3.05) is 5.75 Å². The Kier molecular flexibility index (Phi) is 4.27. The second kappa shape index (κ2) is 4.60. The van der Waals surface area contributed by atoms with E-state index in [9.17, 15) is 4.21 Å². The molecule has 0 spiro atoms. The molecule has 3 nitrogen and oxygen atoms in total. The van der Waals surface area contributed by atoms with Crippen molar-refractivity contribution in [2.24, 2.45) is 4.36 Å². The van der Waals surface area contributed by atoms with Crippen LogP contribution in [0.4, 0.5) is 0 Å². The van der Waals surface area contributed by atoms with Crippen LogP contribution in [0.15, 0.2) is 4.36 Å². The number of rotatable bonds is 2. The number of nitriles is 1. The molecule has 0 aliphatic carbocycles. The molecular formula is C4H7N2OS-. The topological polar surface area (TPSA) is 53.2 Å². The van der Waals surface area contributed by atoms with Gasteiger partial charge in [0.2, 0.25) is 0 Å². The first-order valence-electron chi connectivity index (χ1n) is 2.29. The molecule has 0 aromatic carbocycles. The predicted octanol–water partition coefficient (Wildman–Crippen LogP) is 1.02. The lowest BCUT2D eigenvalue weighted by Crippen LogP contribution is -1.79. The van der Waals surface area contributed by atoms with Crippen molar-refractivity contribution in [1.29, 1.82) is 5.26 Å². The van der Waals surface area contributed by atoms with E-state index >= 15 is 0 Å². The van der Waals surface area contributed by atoms with Gasteiger partial charge in [-0.1, -0.05) is 19.1 Å². The molecule has 0 saturated heterocycles. The van der Waals surface area contributed by atoms with Crippen LogP contribution in [-0.4, -0.2) is 5.75 Å². The summed E-state index contributed by atoms with van der Waals surface area (Å²) in [5.74, 6) is 0.494. The van der Waals surface area contributed by atoms with Crippen molar-refractivity contribution in [3.8, 4) is 6.19 Å². The van der Waals surface area contributed by atoms with E-state index in [0.717, 1.165) is 6.42 Å². The Hall–Kier alpha value is -0.560. The van der Waals surface area contributed by atoms with Crippen LogP contribution in [0.2, 0.25) is 0 Å². The first kappa shape index (κ1) is 7.44. The molecule has 0 N–H and O–H groups in total. The third-order valence-electron chi connectivity index (χ3n) is 0.521. The average molecular weight is 131 g/mol. The van der Waals surface area contributed by atoms with Gasteiger partial charge in [-0.2, -0.15) is 15.9 Å². The van der Waals surface area contributed by atoms with Gasteiger partial charge in [-0.05, 0) is 0 Å². The molecule has 0 unspecified atom stereocenters. The monoisotopic (exact) mass is 131 g/mol. The van der Waals surface area contributed by atoms with Crippen molar-refractivity contribution < 1.29 is 4.21 Å². The van der Waals surface area contributed by atoms with E-state index in [1.807, 2.05) is 6.92 Å². The Bertz CT molecular complexity index is 163. The van der Waals surface area contributed by atoms with Crippen LogP contribution >= 0.6 is 0 Å². The van der Waals surface area contributed by atoms with Gasteiger partial charge in [-0.25, -0.2) is 0 Å². The molecule has 0 heterocycles. The summed E-state index contributed by atoms with van der Waals surface area (Å²) in [5, 5.41) is 7.85. The minimum absolute atomic E-state index is 0.494. The maximum atomic E-state index is 10.4. The molecular weight excluding hydrogens is 124 g/mol. The van der Waals surface area contributed by atoms with Gasteiger partial charge in [0.05, 0.1) is 0 Å². The highest BCUT2D eigenvalue weighted by Crippen LogP contribution is 1.78. The Morgan fingerprint density at radius 1 is 1.88 bits per heavy atom. The molecule has 4 heteroatoms. The van der Waals surface area contributed by atoms with Crippen LogP contribution in [-0.2, 0) is 14.8 Å². The molecule has 0 fully saturated rings. The third kappa shape index (κ3) is 3.62. The van der Waals surface area contributed by atoms with Gasteiger partial charge < -0.3 is 4.21 Å². The van der Waals surface area contributed by atoms with Crippen LogP contribution in [0.1, 0.15) is 13.3 Å². The van der Waals surface area contributed by atoms with Crippen LogP contribution < -0.4 is 0 Å². The Morgan fingerprint density at radius 3 is 2.88 bits per heavy atom. The van der Waals surface area contributed by atoms with E-state index in [2.05, 4.69) is 4.36 Å². The Labute approximate surface area is 50.5 Å². The van der Waals surface area contributed by atoms with Gasteiger partial charge in [-0.3, -0.25) is 4.36 Å². The summed E-state index contributed by atoms with van der Waals surface area (Å²) >= 11 is 0. The maximum Gasteiger partial charge on any atom is 0.180 e. The van der Waals surface area contributed by atoms with Gasteiger partial charge in [0, 0.05) is 0 Å². The lowest BCUT2D eigenvalue weighted by atomic mass is 10.6. The van der Waals surface area contributed by atoms with Crippen molar-refractivity contribution >= 4 is 10.6 Å². The van der Waals surface area contributed by atoms with E-state index in [4.69, 9.17) is 5.26 Å². The second-order valence-corrected chi connectivity index (χ2v) is 2.45. The SMILES string of the molecule is CCC[S-](=O)=NC#N. The van der Waals surface area contributed by atoms with E-state index in [0.29, 0.717) is 5.75 Å². The van der Waals surface area contributed by atoms with Crippen LogP contribution in [0.25, 0.3) is 0 Å². The van der Waals surface area contributed by atoms with Gasteiger partial charge >= 0.3 is 0 Å². The first-order chi connectivity index (χ1) is 3.81. The fourth-order valence-corrected chi connectivity index (χ4v) is 0.797.